The molecule has 0 unspecified atom stereocenters. The third-order valence-corrected chi connectivity index (χ3v) is 4.33. The first kappa shape index (κ1) is 18.3. The molecule has 5 heteroatoms. The predicted molar refractivity (Wildman–Crippen MR) is 103 cm³/mol. The van der Waals surface area contributed by atoms with E-state index in [-0.39, 0.29) is 18.2 Å². The number of nitrogens with zero attached hydrogens (tertiary/aromatic N) is 1. The van der Waals surface area contributed by atoms with Gasteiger partial charge in [-0.2, -0.15) is 0 Å². The number of carbonyl (C=O) groups is 1. The zero-order valence-corrected chi connectivity index (χ0v) is 14.7. The molecule has 0 fully saturated rings. The molecule has 5 nitrogen and oxygen atoms in total. The molecule has 0 saturated heterocycles. The predicted octanol–water partition coefficient (Wildman–Crippen LogP) is 4.78. The Labute approximate surface area is 157 Å². The van der Waals surface area contributed by atoms with Gasteiger partial charge in [0.25, 0.3) is 5.69 Å². The highest BCUT2D eigenvalue weighted by Crippen LogP contribution is 2.22. The van der Waals surface area contributed by atoms with Crippen LogP contribution < -0.4 is 0 Å². The molecule has 0 spiro atoms. The van der Waals surface area contributed by atoms with E-state index in [0.717, 1.165) is 17.5 Å². The van der Waals surface area contributed by atoms with Crippen molar-refractivity contribution in [1.29, 1.82) is 0 Å². The normalized spacial score (nSPS) is 11.6. The summed E-state index contributed by atoms with van der Waals surface area (Å²) in [4.78, 5) is 22.5. The molecule has 0 aromatic heterocycles. The zero-order chi connectivity index (χ0) is 19.1. The minimum atomic E-state index is -0.500. The highest BCUT2D eigenvalue weighted by Gasteiger charge is 2.17. The van der Waals surface area contributed by atoms with Crippen LogP contribution in [0, 0.1) is 10.1 Å². The molecule has 3 rings (SSSR count). The van der Waals surface area contributed by atoms with E-state index in [0.29, 0.717) is 5.56 Å². The number of rotatable bonds is 7. The smallest absolute Gasteiger partial charge is 0.338 e. The average Bonchev–Trinajstić information content (AvgIpc) is 2.72. The second-order valence-electron chi connectivity index (χ2n) is 6.20. The molecule has 3 aromatic rings. The molecule has 0 amide bonds. The molecule has 0 heterocycles. The maximum Gasteiger partial charge on any atom is 0.338 e. The third kappa shape index (κ3) is 5.01. The van der Waals surface area contributed by atoms with E-state index in [1.807, 2.05) is 60.7 Å². The third-order valence-electron chi connectivity index (χ3n) is 4.33. The van der Waals surface area contributed by atoms with Gasteiger partial charge < -0.3 is 4.74 Å². The maximum absolute atomic E-state index is 12.3. The largest absolute Gasteiger partial charge is 0.461 e. The standard InChI is InChI=1S/C22H19NO4/c24-22(19-11-13-21(14-12-19)23(25)26)27-16-20(18-9-5-2-6-10-18)15-17-7-3-1-4-8-17/h1-14,20H,15-16H2/t20-/m0/s1. The van der Waals surface area contributed by atoms with Crippen LogP contribution in [0.25, 0.3) is 0 Å². The van der Waals surface area contributed by atoms with E-state index in [2.05, 4.69) is 0 Å². The lowest BCUT2D eigenvalue weighted by atomic mass is 9.93. The Bertz CT molecular complexity index is 893. The fourth-order valence-corrected chi connectivity index (χ4v) is 2.88. The van der Waals surface area contributed by atoms with Crippen molar-refractivity contribution in [2.75, 3.05) is 6.61 Å². The topological polar surface area (TPSA) is 69.4 Å². The summed E-state index contributed by atoms with van der Waals surface area (Å²) in [5.74, 6) is -0.463. The van der Waals surface area contributed by atoms with Gasteiger partial charge >= 0.3 is 5.97 Å². The molecule has 0 bridgehead atoms. The lowest BCUT2D eigenvalue weighted by Gasteiger charge is -2.18. The number of hydrogen-bond donors (Lipinski definition) is 0. The first-order chi connectivity index (χ1) is 13.1. The molecule has 0 N–H and O–H groups in total. The Kier molecular flexibility index (Phi) is 5.94. The van der Waals surface area contributed by atoms with Gasteiger partial charge in [-0.25, -0.2) is 4.79 Å². The molecule has 3 aromatic carbocycles. The van der Waals surface area contributed by atoms with Crippen LogP contribution in [-0.2, 0) is 11.2 Å². The van der Waals surface area contributed by atoms with Gasteiger partial charge in [-0.1, -0.05) is 60.7 Å². The van der Waals surface area contributed by atoms with Gasteiger partial charge in [0.2, 0.25) is 0 Å². The number of hydrogen-bond acceptors (Lipinski definition) is 4. The van der Waals surface area contributed by atoms with Crippen molar-refractivity contribution in [3.05, 3.63) is 112 Å². The lowest BCUT2D eigenvalue weighted by molar-refractivity contribution is -0.384. The molecule has 0 aliphatic carbocycles. The van der Waals surface area contributed by atoms with E-state index < -0.39 is 10.9 Å². The van der Waals surface area contributed by atoms with Crippen molar-refractivity contribution in [1.82, 2.24) is 0 Å². The summed E-state index contributed by atoms with van der Waals surface area (Å²) >= 11 is 0. The van der Waals surface area contributed by atoms with Crippen LogP contribution in [0.3, 0.4) is 0 Å². The van der Waals surface area contributed by atoms with E-state index in [1.54, 1.807) is 0 Å². The Balaban J connectivity index is 1.70. The Hall–Kier alpha value is -3.47. The summed E-state index contributed by atoms with van der Waals surface area (Å²) in [5, 5.41) is 10.7. The van der Waals surface area contributed by atoms with Crippen LogP contribution in [0.1, 0.15) is 27.4 Å². The second-order valence-corrected chi connectivity index (χ2v) is 6.20. The number of nitro groups is 1. The van der Waals surface area contributed by atoms with E-state index in [9.17, 15) is 14.9 Å². The fraction of sp³-hybridized carbons (Fsp3) is 0.136. The number of ether oxygens (including phenoxy) is 1. The van der Waals surface area contributed by atoms with Crippen LogP contribution in [0.5, 0.6) is 0 Å². The second kappa shape index (κ2) is 8.76. The zero-order valence-electron chi connectivity index (χ0n) is 14.7. The molecular weight excluding hydrogens is 342 g/mol. The molecule has 0 aliphatic rings. The van der Waals surface area contributed by atoms with Gasteiger partial charge in [0, 0.05) is 18.1 Å². The van der Waals surface area contributed by atoms with Crippen molar-refractivity contribution in [3.63, 3.8) is 0 Å². The average molecular weight is 361 g/mol. The summed E-state index contributed by atoms with van der Waals surface area (Å²) < 4.78 is 5.51. The summed E-state index contributed by atoms with van der Waals surface area (Å²) in [6.07, 6.45) is 0.748. The molecule has 0 radical (unpaired) electrons. The Morgan fingerprint density at radius 1 is 0.889 bits per heavy atom. The van der Waals surface area contributed by atoms with Crippen molar-refractivity contribution in [2.24, 2.45) is 0 Å². The minimum Gasteiger partial charge on any atom is -0.461 e. The highest BCUT2D eigenvalue weighted by molar-refractivity contribution is 5.89. The van der Waals surface area contributed by atoms with Crippen molar-refractivity contribution in [2.45, 2.75) is 12.3 Å². The van der Waals surface area contributed by atoms with Gasteiger partial charge in [-0.15, -0.1) is 0 Å². The first-order valence-electron chi connectivity index (χ1n) is 8.64. The fourth-order valence-electron chi connectivity index (χ4n) is 2.88. The Morgan fingerprint density at radius 3 is 2.07 bits per heavy atom. The van der Waals surface area contributed by atoms with Crippen LogP contribution in [-0.4, -0.2) is 17.5 Å². The SMILES string of the molecule is O=C(OC[C@H](Cc1ccccc1)c1ccccc1)c1ccc([N+](=O)[O-])cc1. The number of benzene rings is 3. The first-order valence-corrected chi connectivity index (χ1v) is 8.64. The minimum absolute atomic E-state index is 0.0237. The molecule has 136 valence electrons. The van der Waals surface area contributed by atoms with Crippen LogP contribution in [0.4, 0.5) is 5.69 Å². The van der Waals surface area contributed by atoms with Crippen LogP contribution in [0.2, 0.25) is 0 Å². The summed E-state index contributed by atoms with van der Waals surface area (Å²) in [6.45, 7) is 0.231. The monoisotopic (exact) mass is 361 g/mol. The van der Waals surface area contributed by atoms with Gasteiger partial charge in [-0.3, -0.25) is 10.1 Å². The summed E-state index contributed by atoms with van der Waals surface area (Å²) in [6, 6.07) is 25.4. The molecule has 1 atom stereocenters. The highest BCUT2D eigenvalue weighted by atomic mass is 16.6. The van der Waals surface area contributed by atoms with Crippen LogP contribution >= 0.6 is 0 Å². The quantitative estimate of drug-likeness (QED) is 0.345. The van der Waals surface area contributed by atoms with Gasteiger partial charge in [0.15, 0.2) is 0 Å². The van der Waals surface area contributed by atoms with Crippen molar-refractivity contribution >= 4 is 11.7 Å². The maximum atomic E-state index is 12.3. The molecule has 0 saturated carbocycles. The van der Waals surface area contributed by atoms with Crippen LogP contribution in [0.15, 0.2) is 84.9 Å². The van der Waals surface area contributed by atoms with E-state index >= 15 is 0 Å². The van der Waals surface area contributed by atoms with Gasteiger partial charge in [-0.05, 0) is 29.7 Å². The summed E-state index contributed by atoms with van der Waals surface area (Å²) in [7, 11) is 0. The molecule has 0 aliphatic heterocycles. The Morgan fingerprint density at radius 2 is 1.48 bits per heavy atom. The number of non-ortho nitro benzene ring substituents is 1. The summed E-state index contributed by atoms with van der Waals surface area (Å²) in [5.41, 5.74) is 2.50. The molecule has 27 heavy (non-hydrogen) atoms. The van der Waals surface area contributed by atoms with Crippen molar-refractivity contribution < 1.29 is 14.5 Å². The lowest BCUT2D eigenvalue weighted by Crippen LogP contribution is -2.15. The van der Waals surface area contributed by atoms with Crippen molar-refractivity contribution in [3.8, 4) is 0 Å². The number of carbonyl (C=O) groups excluding carboxylic acids is 1. The van der Waals surface area contributed by atoms with Gasteiger partial charge in [0.1, 0.15) is 0 Å². The van der Waals surface area contributed by atoms with Gasteiger partial charge in [0.05, 0.1) is 17.1 Å². The van der Waals surface area contributed by atoms with E-state index in [1.165, 1.54) is 24.3 Å². The number of nitro benzene ring substituents is 1. The van der Waals surface area contributed by atoms with E-state index in [4.69, 9.17) is 4.74 Å². The molecular formula is C22H19NO4. The number of esters is 1.